The maximum absolute atomic E-state index is 5.13. The fourth-order valence-corrected chi connectivity index (χ4v) is 2.42. The Labute approximate surface area is 101 Å². The van der Waals surface area contributed by atoms with Crippen molar-refractivity contribution < 1.29 is 4.74 Å². The van der Waals surface area contributed by atoms with E-state index in [4.69, 9.17) is 4.74 Å². The predicted molar refractivity (Wildman–Crippen MR) is 68.8 cm³/mol. The normalized spacial score (nSPS) is 27.6. The van der Waals surface area contributed by atoms with Crippen molar-refractivity contribution in [2.24, 2.45) is 5.92 Å². The lowest BCUT2D eigenvalue weighted by molar-refractivity contribution is 0.0954. The summed E-state index contributed by atoms with van der Waals surface area (Å²) in [5.74, 6) is 0.725. The SMILES string of the molecule is CCC1CNC(C(C)C)CN1CCCOC. The van der Waals surface area contributed by atoms with Crippen molar-refractivity contribution in [3.63, 3.8) is 0 Å². The molecule has 16 heavy (non-hydrogen) atoms. The number of rotatable bonds is 6. The first-order chi connectivity index (χ1) is 7.69. The van der Waals surface area contributed by atoms with Crippen LogP contribution in [0.1, 0.15) is 33.6 Å². The van der Waals surface area contributed by atoms with E-state index >= 15 is 0 Å². The van der Waals surface area contributed by atoms with Crippen LogP contribution < -0.4 is 5.32 Å². The molecule has 2 unspecified atom stereocenters. The third-order valence-corrected chi connectivity index (χ3v) is 3.63. The molecule has 0 bridgehead atoms. The van der Waals surface area contributed by atoms with Crippen LogP contribution in [-0.4, -0.2) is 50.3 Å². The van der Waals surface area contributed by atoms with Crippen LogP contribution in [0.25, 0.3) is 0 Å². The zero-order chi connectivity index (χ0) is 12.0. The van der Waals surface area contributed by atoms with Crippen LogP contribution in [0, 0.1) is 5.92 Å². The smallest absolute Gasteiger partial charge is 0.0474 e. The van der Waals surface area contributed by atoms with Gasteiger partial charge >= 0.3 is 0 Å². The summed E-state index contributed by atoms with van der Waals surface area (Å²) in [5, 5.41) is 3.67. The van der Waals surface area contributed by atoms with Gasteiger partial charge in [0.05, 0.1) is 0 Å². The van der Waals surface area contributed by atoms with Gasteiger partial charge in [-0.2, -0.15) is 0 Å². The number of hydrogen-bond acceptors (Lipinski definition) is 3. The number of hydrogen-bond donors (Lipinski definition) is 1. The van der Waals surface area contributed by atoms with E-state index in [1.165, 1.54) is 19.5 Å². The number of nitrogens with one attached hydrogen (secondary N) is 1. The highest BCUT2D eigenvalue weighted by atomic mass is 16.5. The van der Waals surface area contributed by atoms with E-state index in [9.17, 15) is 0 Å². The quantitative estimate of drug-likeness (QED) is 0.701. The Hall–Kier alpha value is -0.120. The van der Waals surface area contributed by atoms with Gasteiger partial charge in [0.15, 0.2) is 0 Å². The lowest BCUT2D eigenvalue weighted by atomic mass is 9.98. The molecule has 3 heteroatoms. The maximum Gasteiger partial charge on any atom is 0.0474 e. The van der Waals surface area contributed by atoms with Gasteiger partial charge < -0.3 is 10.1 Å². The maximum atomic E-state index is 5.13. The van der Waals surface area contributed by atoms with E-state index in [0.717, 1.165) is 25.5 Å². The van der Waals surface area contributed by atoms with Crippen LogP contribution in [0.4, 0.5) is 0 Å². The van der Waals surface area contributed by atoms with E-state index in [2.05, 4.69) is 31.0 Å². The summed E-state index contributed by atoms with van der Waals surface area (Å²) in [6.45, 7) is 11.3. The molecule has 2 atom stereocenters. The van der Waals surface area contributed by atoms with Crippen LogP contribution in [0.3, 0.4) is 0 Å². The van der Waals surface area contributed by atoms with Gasteiger partial charge in [0.25, 0.3) is 0 Å². The Morgan fingerprint density at radius 3 is 2.75 bits per heavy atom. The van der Waals surface area contributed by atoms with E-state index < -0.39 is 0 Å². The molecule has 0 saturated carbocycles. The second kappa shape index (κ2) is 7.25. The summed E-state index contributed by atoms with van der Waals surface area (Å²) in [6, 6.07) is 1.37. The lowest BCUT2D eigenvalue weighted by Crippen LogP contribution is -2.58. The van der Waals surface area contributed by atoms with Crippen molar-refractivity contribution in [3.05, 3.63) is 0 Å². The van der Waals surface area contributed by atoms with Crippen molar-refractivity contribution in [2.75, 3.05) is 33.4 Å². The van der Waals surface area contributed by atoms with E-state index in [1.54, 1.807) is 7.11 Å². The van der Waals surface area contributed by atoms with Crippen molar-refractivity contribution in [1.82, 2.24) is 10.2 Å². The minimum atomic E-state index is 0.658. The van der Waals surface area contributed by atoms with Gasteiger partial charge in [-0.05, 0) is 18.8 Å². The third-order valence-electron chi connectivity index (χ3n) is 3.63. The van der Waals surface area contributed by atoms with Gasteiger partial charge in [0, 0.05) is 45.4 Å². The summed E-state index contributed by atoms with van der Waals surface area (Å²) in [7, 11) is 1.78. The molecule has 1 aliphatic heterocycles. The first-order valence-electron chi connectivity index (χ1n) is 6.65. The lowest BCUT2D eigenvalue weighted by Gasteiger charge is -2.41. The van der Waals surface area contributed by atoms with Crippen molar-refractivity contribution in [3.8, 4) is 0 Å². The summed E-state index contributed by atoms with van der Waals surface area (Å²) < 4.78 is 5.13. The largest absolute Gasteiger partial charge is 0.385 e. The second-order valence-electron chi connectivity index (χ2n) is 5.16. The highest BCUT2D eigenvalue weighted by molar-refractivity contribution is 4.86. The van der Waals surface area contributed by atoms with E-state index in [1.807, 2.05) is 0 Å². The summed E-state index contributed by atoms with van der Waals surface area (Å²) in [5.41, 5.74) is 0. The van der Waals surface area contributed by atoms with Gasteiger partial charge in [0.2, 0.25) is 0 Å². The third kappa shape index (κ3) is 4.04. The van der Waals surface area contributed by atoms with Gasteiger partial charge in [0.1, 0.15) is 0 Å². The average molecular weight is 228 g/mol. The molecule has 96 valence electrons. The molecule has 0 radical (unpaired) electrons. The monoisotopic (exact) mass is 228 g/mol. The summed E-state index contributed by atoms with van der Waals surface area (Å²) >= 11 is 0. The standard InChI is InChI=1S/C13H28N2O/c1-5-12-9-14-13(11(2)3)10-15(12)7-6-8-16-4/h11-14H,5-10H2,1-4H3. The summed E-state index contributed by atoms with van der Waals surface area (Å²) in [6.07, 6.45) is 2.39. The molecule has 0 aromatic carbocycles. The number of piperazine rings is 1. The molecule has 1 heterocycles. The van der Waals surface area contributed by atoms with E-state index in [0.29, 0.717) is 12.1 Å². The molecule has 1 fully saturated rings. The number of nitrogens with zero attached hydrogens (tertiary/aromatic N) is 1. The van der Waals surface area contributed by atoms with Crippen LogP contribution >= 0.6 is 0 Å². The molecule has 1 N–H and O–H groups in total. The molecular weight excluding hydrogens is 200 g/mol. The van der Waals surface area contributed by atoms with Crippen LogP contribution in [0.2, 0.25) is 0 Å². The second-order valence-corrected chi connectivity index (χ2v) is 5.16. The van der Waals surface area contributed by atoms with Crippen LogP contribution in [0.15, 0.2) is 0 Å². The number of methoxy groups -OCH3 is 1. The molecule has 0 amide bonds. The average Bonchev–Trinajstić information content (AvgIpc) is 2.29. The first-order valence-corrected chi connectivity index (χ1v) is 6.65. The van der Waals surface area contributed by atoms with Gasteiger partial charge in [-0.1, -0.05) is 20.8 Å². The Kier molecular flexibility index (Phi) is 6.32. The van der Waals surface area contributed by atoms with Crippen molar-refractivity contribution in [2.45, 2.75) is 45.7 Å². The van der Waals surface area contributed by atoms with E-state index in [-0.39, 0.29) is 0 Å². The molecule has 0 aromatic rings. The fraction of sp³-hybridized carbons (Fsp3) is 1.00. The van der Waals surface area contributed by atoms with Crippen LogP contribution in [-0.2, 0) is 4.74 Å². The molecule has 0 aromatic heterocycles. The minimum absolute atomic E-state index is 0.658. The van der Waals surface area contributed by atoms with Crippen LogP contribution in [0.5, 0.6) is 0 Å². The first kappa shape index (κ1) is 13.9. The molecule has 1 rings (SSSR count). The molecule has 0 spiro atoms. The summed E-state index contributed by atoms with van der Waals surface area (Å²) in [4.78, 5) is 2.64. The Bertz CT molecular complexity index is 185. The van der Waals surface area contributed by atoms with Gasteiger partial charge in [-0.3, -0.25) is 4.90 Å². The molecule has 1 saturated heterocycles. The zero-order valence-corrected chi connectivity index (χ0v) is 11.3. The molecular formula is C13H28N2O. The highest BCUT2D eigenvalue weighted by Crippen LogP contribution is 2.15. The van der Waals surface area contributed by atoms with Gasteiger partial charge in [-0.15, -0.1) is 0 Å². The van der Waals surface area contributed by atoms with Crippen molar-refractivity contribution >= 4 is 0 Å². The fourth-order valence-electron chi connectivity index (χ4n) is 2.42. The Morgan fingerprint density at radius 1 is 1.44 bits per heavy atom. The van der Waals surface area contributed by atoms with Crippen molar-refractivity contribution in [1.29, 1.82) is 0 Å². The topological polar surface area (TPSA) is 24.5 Å². The van der Waals surface area contributed by atoms with Gasteiger partial charge in [-0.25, -0.2) is 0 Å². The Balaban J connectivity index is 2.40. The molecule has 3 nitrogen and oxygen atoms in total. The molecule has 1 aliphatic rings. The highest BCUT2D eigenvalue weighted by Gasteiger charge is 2.27. The zero-order valence-electron chi connectivity index (χ0n) is 11.3. The Morgan fingerprint density at radius 2 is 2.19 bits per heavy atom. The predicted octanol–water partition coefficient (Wildman–Crippen LogP) is 1.73. The number of ether oxygens (including phenoxy) is 1. The molecule has 0 aliphatic carbocycles. The minimum Gasteiger partial charge on any atom is -0.385 e.